The van der Waals surface area contributed by atoms with E-state index in [1.165, 1.54) is 25.4 Å². The lowest BCUT2D eigenvalue weighted by Crippen LogP contribution is -2.37. The largest absolute Gasteiger partial charge is 0.346 e. The van der Waals surface area contributed by atoms with Crippen molar-refractivity contribution in [1.82, 2.24) is 9.62 Å². The van der Waals surface area contributed by atoms with Crippen LogP contribution >= 0.6 is 0 Å². The molecule has 0 fully saturated rings. The molecule has 6 nitrogen and oxygen atoms in total. The average Bonchev–Trinajstić information content (AvgIpc) is 2.61. The summed E-state index contributed by atoms with van der Waals surface area (Å²) in [7, 11) is 0.864. The van der Waals surface area contributed by atoms with Gasteiger partial charge in [-0.05, 0) is 36.8 Å². The molecular formula is C18H23N3O3S. The predicted molar refractivity (Wildman–Crippen MR) is 99.8 cm³/mol. The lowest BCUT2D eigenvalue weighted by Gasteiger charge is -2.23. The van der Waals surface area contributed by atoms with Crippen molar-refractivity contribution < 1.29 is 13.2 Å². The molecule has 1 atom stereocenters. The third-order valence-corrected chi connectivity index (χ3v) is 5.77. The van der Waals surface area contributed by atoms with Gasteiger partial charge in [0.25, 0.3) is 5.91 Å². The van der Waals surface area contributed by atoms with Crippen molar-refractivity contribution in [1.29, 1.82) is 0 Å². The third kappa shape index (κ3) is 4.37. The quantitative estimate of drug-likeness (QED) is 0.859. The third-order valence-electron chi connectivity index (χ3n) is 3.95. The number of rotatable bonds is 6. The highest BCUT2D eigenvalue weighted by molar-refractivity contribution is 7.90. The fraction of sp³-hybridized carbons (Fsp3) is 0.278. The van der Waals surface area contributed by atoms with Crippen LogP contribution in [0.5, 0.6) is 0 Å². The van der Waals surface area contributed by atoms with E-state index < -0.39 is 10.2 Å². The summed E-state index contributed by atoms with van der Waals surface area (Å²) in [5, 5.41) is 2.93. The number of carbonyl (C=O) groups is 1. The van der Waals surface area contributed by atoms with Gasteiger partial charge >= 0.3 is 10.2 Å². The minimum atomic E-state index is -3.55. The Labute approximate surface area is 149 Å². The topological polar surface area (TPSA) is 69.7 Å². The van der Waals surface area contributed by atoms with Crippen molar-refractivity contribution in [2.45, 2.75) is 13.0 Å². The van der Waals surface area contributed by atoms with E-state index in [2.05, 4.69) is 5.32 Å². The first-order chi connectivity index (χ1) is 11.7. The Morgan fingerprint density at radius 3 is 2.04 bits per heavy atom. The van der Waals surface area contributed by atoms with Gasteiger partial charge in [0.1, 0.15) is 0 Å². The first-order valence-corrected chi connectivity index (χ1v) is 9.25. The van der Waals surface area contributed by atoms with Gasteiger partial charge in [0.05, 0.1) is 11.7 Å². The number of nitrogens with zero attached hydrogens (tertiary/aromatic N) is 2. The maximum atomic E-state index is 12.4. The molecule has 25 heavy (non-hydrogen) atoms. The smallest absolute Gasteiger partial charge is 0.303 e. The predicted octanol–water partition coefficient (Wildman–Crippen LogP) is 2.42. The highest BCUT2D eigenvalue weighted by atomic mass is 32.2. The van der Waals surface area contributed by atoms with Crippen molar-refractivity contribution >= 4 is 21.8 Å². The molecule has 2 aromatic rings. The summed E-state index contributed by atoms with van der Waals surface area (Å²) in [4.78, 5) is 12.4. The van der Waals surface area contributed by atoms with Crippen LogP contribution in [0, 0.1) is 0 Å². The first kappa shape index (κ1) is 19.0. The van der Waals surface area contributed by atoms with Gasteiger partial charge < -0.3 is 5.32 Å². The highest BCUT2D eigenvalue weighted by Crippen LogP contribution is 2.19. The summed E-state index contributed by atoms with van der Waals surface area (Å²) < 4.78 is 26.6. The molecule has 1 N–H and O–H groups in total. The molecule has 0 aromatic heterocycles. The number of nitrogens with one attached hydrogen (secondary N) is 1. The molecule has 134 valence electrons. The Balaban J connectivity index is 2.10. The zero-order valence-electron chi connectivity index (χ0n) is 14.8. The normalized spacial score (nSPS) is 12.7. The van der Waals surface area contributed by atoms with E-state index in [-0.39, 0.29) is 11.9 Å². The van der Waals surface area contributed by atoms with Gasteiger partial charge in [0.15, 0.2) is 0 Å². The monoisotopic (exact) mass is 361 g/mol. The zero-order valence-corrected chi connectivity index (χ0v) is 15.6. The number of carbonyl (C=O) groups excluding carboxylic acids is 1. The molecule has 2 rings (SSSR count). The second-order valence-corrected chi connectivity index (χ2v) is 8.08. The number of benzene rings is 2. The van der Waals surface area contributed by atoms with Crippen molar-refractivity contribution in [3.63, 3.8) is 0 Å². The van der Waals surface area contributed by atoms with E-state index >= 15 is 0 Å². The molecule has 0 saturated heterocycles. The Morgan fingerprint density at radius 2 is 1.52 bits per heavy atom. The van der Waals surface area contributed by atoms with Crippen LogP contribution in [0.25, 0.3) is 0 Å². The van der Waals surface area contributed by atoms with Gasteiger partial charge in [-0.15, -0.1) is 0 Å². The zero-order chi connectivity index (χ0) is 18.6. The van der Waals surface area contributed by atoms with Crippen LogP contribution in [0.2, 0.25) is 0 Å². The SMILES string of the molecule is C[C@@H](NC(=O)c1ccc(N(C)S(=O)(=O)N(C)C)cc1)c1ccccc1. The molecule has 0 heterocycles. The summed E-state index contributed by atoms with van der Waals surface area (Å²) in [6.45, 7) is 1.92. The molecule has 1 amide bonds. The van der Waals surface area contributed by atoms with Gasteiger partial charge in [-0.3, -0.25) is 9.10 Å². The van der Waals surface area contributed by atoms with Gasteiger partial charge in [-0.25, -0.2) is 0 Å². The van der Waals surface area contributed by atoms with Crippen LogP contribution in [0.3, 0.4) is 0 Å². The van der Waals surface area contributed by atoms with Crippen LogP contribution in [0.4, 0.5) is 5.69 Å². The molecule has 0 aliphatic heterocycles. The molecule has 0 aliphatic rings. The van der Waals surface area contributed by atoms with Crippen LogP contribution < -0.4 is 9.62 Å². The summed E-state index contributed by atoms with van der Waals surface area (Å²) >= 11 is 0. The van der Waals surface area contributed by atoms with Crippen LogP contribution in [-0.4, -0.2) is 39.8 Å². The highest BCUT2D eigenvalue weighted by Gasteiger charge is 2.21. The second-order valence-electron chi connectivity index (χ2n) is 5.91. The standard InChI is InChI=1S/C18H23N3O3S/c1-14(15-8-6-5-7-9-15)19-18(22)16-10-12-17(13-11-16)21(4)25(23,24)20(2)3/h5-14H,1-4H3,(H,19,22)/t14-/m1/s1. The van der Waals surface area contributed by atoms with E-state index in [0.717, 1.165) is 9.87 Å². The van der Waals surface area contributed by atoms with Gasteiger partial charge in [0, 0.05) is 26.7 Å². The second kappa shape index (κ2) is 7.67. The van der Waals surface area contributed by atoms with Gasteiger partial charge in [0.2, 0.25) is 0 Å². The Morgan fingerprint density at radius 1 is 0.960 bits per heavy atom. The Hall–Kier alpha value is -2.38. The average molecular weight is 361 g/mol. The summed E-state index contributed by atoms with van der Waals surface area (Å²) in [6.07, 6.45) is 0. The van der Waals surface area contributed by atoms with Crippen LogP contribution in [0.15, 0.2) is 54.6 Å². The summed E-state index contributed by atoms with van der Waals surface area (Å²) in [5.74, 6) is -0.207. The van der Waals surface area contributed by atoms with Crippen molar-refractivity contribution in [2.75, 3.05) is 25.4 Å². The minimum Gasteiger partial charge on any atom is -0.346 e. The lowest BCUT2D eigenvalue weighted by atomic mass is 10.1. The molecule has 0 unspecified atom stereocenters. The molecule has 0 bridgehead atoms. The van der Waals surface area contributed by atoms with Crippen molar-refractivity contribution in [2.24, 2.45) is 0 Å². The van der Waals surface area contributed by atoms with E-state index in [9.17, 15) is 13.2 Å². The van der Waals surface area contributed by atoms with Crippen molar-refractivity contribution in [3.8, 4) is 0 Å². The molecule has 0 saturated carbocycles. The van der Waals surface area contributed by atoms with E-state index in [0.29, 0.717) is 11.3 Å². The number of anilines is 1. The summed E-state index contributed by atoms with van der Waals surface area (Å²) in [5.41, 5.74) is 1.98. The molecule has 7 heteroatoms. The Kier molecular flexibility index (Phi) is 5.81. The fourth-order valence-corrected chi connectivity index (χ4v) is 3.18. The van der Waals surface area contributed by atoms with Crippen LogP contribution in [0.1, 0.15) is 28.9 Å². The molecular weight excluding hydrogens is 338 g/mol. The summed E-state index contributed by atoms with van der Waals surface area (Å²) in [6, 6.07) is 16.0. The Bertz CT molecular complexity index is 818. The van der Waals surface area contributed by atoms with Crippen LogP contribution in [-0.2, 0) is 10.2 Å². The molecule has 0 aliphatic carbocycles. The number of amides is 1. The van der Waals surface area contributed by atoms with Gasteiger partial charge in [-0.2, -0.15) is 12.7 Å². The van der Waals surface area contributed by atoms with E-state index in [4.69, 9.17) is 0 Å². The lowest BCUT2D eigenvalue weighted by molar-refractivity contribution is 0.0940. The van der Waals surface area contributed by atoms with Crippen molar-refractivity contribution in [3.05, 3.63) is 65.7 Å². The van der Waals surface area contributed by atoms with E-state index in [1.54, 1.807) is 24.3 Å². The van der Waals surface area contributed by atoms with Gasteiger partial charge in [-0.1, -0.05) is 30.3 Å². The van der Waals surface area contributed by atoms with E-state index in [1.807, 2.05) is 37.3 Å². The molecule has 0 radical (unpaired) electrons. The molecule has 2 aromatic carbocycles. The first-order valence-electron chi connectivity index (χ1n) is 7.85. The minimum absolute atomic E-state index is 0.120. The maximum absolute atomic E-state index is 12.4. The fourth-order valence-electron chi connectivity index (χ4n) is 2.31. The molecule has 0 spiro atoms. The maximum Gasteiger partial charge on any atom is 0.303 e. The number of hydrogen-bond acceptors (Lipinski definition) is 3. The number of hydrogen-bond donors (Lipinski definition) is 1.